The molecule has 3 N–H and O–H groups in total. The van der Waals surface area contributed by atoms with Crippen molar-refractivity contribution in [3.8, 4) is 0 Å². The van der Waals surface area contributed by atoms with Gasteiger partial charge in [0, 0.05) is 42.0 Å². The van der Waals surface area contributed by atoms with E-state index in [0.29, 0.717) is 47.9 Å². The van der Waals surface area contributed by atoms with Gasteiger partial charge in [-0.05, 0) is 37.1 Å². The maximum atomic E-state index is 13.7. The first-order chi connectivity index (χ1) is 12.8. The number of hydrogen-bond acceptors (Lipinski definition) is 4. The van der Waals surface area contributed by atoms with Gasteiger partial charge in [0.1, 0.15) is 5.82 Å². The van der Waals surface area contributed by atoms with Crippen LogP contribution in [-0.2, 0) is 17.6 Å². The molecule has 140 valence electrons. The third-order valence-electron chi connectivity index (χ3n) is 4.63. The molecule has 27 heavy (non-hydrogen) atoms. The Balaban J connectivity index is 0.000000159. The second-order valence-electron chi connectivity index (χ2n) is 6.48. The number of benzene rings is 2. The van der Waals surface area contributed by atoms with Crippen LogP contribution in [-0.4, -0.2) is 17.5 Å². The maximum Gasteiger partial charge on any atom is 0.221 e. The fraction of sp³-hybridized carbons (Fsp3) is 0.250. The zero-order valence-corrected chi connectivity index (χ0v) is 14.7. The van der Waals surface area contributed by atoms with Gasteiger partial charge in [-0.25, -0.2) is 8.78 Å². The SMILES string of the molecule is CC(=O)Nc1ccc2c(c1F)CCC2=O.Nc1ccc2c(c1F)CCC2=O. The van der Waals surface area contributed by atoms with Crippen molar-refractivity contribution in [3.63, 3.8) is 0 Å². The van der Waals surface area contributed by atoms with E-state index in [1.165, 1.54) is 19.1 Å². The fourth-order valence-corrected chi connectivity index (χ4v) is 3.30. The monoisotopic (exact) mass is 372 g/mol. The van der Waals surface area contributed by atoms with Gasteiger partial charge in [0.25, 0.3) is 0 Å². The van der Waals surface area contributed by atoms with Gasteiger partial charge in [-0.1, -0.05) is 0 Å². The Morgan fingerprint density at radius 3 is 1.96 bits per heavy atom. The van der Waals surface area contributed by atoms with Crippen LogP contribution in [0.5, 0.6) is 0 Å². The molecule has 0 unspecified atom stereocenters. The molecule has 0 bridgehead atoms. The largest absolute Gasteiger partial charge is 0.396 e. The van der Waals surface area contributed by atoms with Crippen LogP contribution >= 0.6 is 0 Å². The number of carbonyl (C=O) groups excluding carboxylic acids is 3. The number of anilines is 2. The van der Waals surface area contributed by atoms with Crippen LogP contribution in [0.1, 0.15) is 51.6 Å². The average Bonchev–Trinajstić information content (AvgIpc) is 3.18. The van der Waals surface area contributed by atoms with E-state index >= 15 is 0 Å². The minimum atomic E-state index is -0.478. The summed E-state index contributed by atoms with van der Waals surface area (Å²) in [6.45, 7) is 1.32. The van der Waals surface area contributed by atoms with Crippen LogP contribution in [0.2, 0.25) is 0 Å². The summed E-state index contributed by atoms with van der Waals surface area (Å²) in [4.78, 5) is 33.2. The minimum Gasteiger partial charge on any atom is -0.396 e. The Kier molecular flexibility index (Phi) is 5.03. The number of carbonyl (C=O) groups is 3. The summed E-state index contributed by atoms with van der Waals surface area (Å²) in [5, 5.41) is 2.39. The number of Topliss-reactive ketones (excluding diaryl/α,β-unsaturated/α-hetero) is 2. The van der Waals surface area contributed by atoms with Crippen molar-refractivity contribution in [3.05, 3.63) is 58.2 Å². The van der Waals surface area contributed by atoms with Gasteiger partial charge in [-0.3, -0.25) is 14.4 Å². The molecule has 7 heteroatoms. The van der Waals surface area contributed by atoms with Crippen LogP contribution in [0.4, 0.5) is 20.2 Å². The standard InChI is InChI=1S/C11H10FNO2.C9H8FNO/c1-6(14)13-9-4-2-7-8(11(9)12)3-5-10(7)15;10-9-6-2-4-8(12)5(6)1-3-7(9)11/h2,4H,3,5H2,1H3,(H,13,14);1,3H,2,4,11H2. The molecule has 0 radical (unpaired) electrons. The molecule has 0 saturated carbocycles. The highest BCUT2D eigenvalue weighted by molar-refractivity contribution is 6.01. The quantitative estimate of drug-likeness (QED) is 0.751. The Morgan fingerprint density at radius 1 is 0.889 bits per heavy atom. The highest BCUT2D eigenvalue weighted by atomic mass is 19.1. The lowest BCUT2D eigenvalue weighted by atomic mass is 10.1. The molecule has 2 aliphatic rings. The highest BCUT2D eigenvalue weighted by Gasteiger charge is 2.25. The summed E-state index contributed by atoms with van der Waals surface area (Å²) >= 11 is 0. The first-order valence-electron chi connectivity index (χ1n) is 8.51. The highest BCUT2D eigenvalue weighted by Crippen LogP contribution is 2.29. The van der Waals surface area contributed by atoms with E-state index in [1.807, 2.05) is 0 Å². The summed E-state index contributed by atoms with van der Waals surface area (Å²) in [6.07, 6.45) is 1.68. The van der Waals surface area contributed by atoms with Crippen LogP contribution in [0.25, 0.3) is 0 Å². The first-order valence-corrected chi connectivity index (χ1v) is 8.51. The van der Waals surface area contributed by atoms with Gasteiger partial charge in [-0.15, -0.1) is 0 Å². The summed E-state index contributed by atoms with van der Waals surface area (Å²) in [5.41, 5.74) is 7.49. The van der Waals surface area contributed by atoms with Gasteiger partial charge >= 0.3 is 0 Å². The average molecular weight is 372 g/mol. The lowest BCUT2D eigenvalue weighted by Crippen LogP contribution is -2.09. The molecule has 0 saturated heterocycles. The van der Waals surface area contributed by atoms with Gasteiger partial charge in [0.05, 0.1) is 11.4 Å². The van der Waals surface area contributed by atoms with Crippen LogP contribution in [0.15, 0.2) is 24.3 Å². The van der Waals surface area contributed by atoms with E-state index in [0.717, 1.165) is 0 Å². The van der Waals surface area contributed by atoms with Crippen molar-refractivity contribution in [2.24, 2.45) is 0 Å². The Labute approximate surface area is 154 Å². The van der Waals surface area contributed by atoms with Crippen molar-refractivity contribution in [1.82, 2.24) is 0 Å². The zero-order chi connectivity index (χ0) is 19.7. The van der Waals surface area contributed by atoms with E-state index in [9.17, 15) is 23.2 Å². The summed E-state index contributed by atoms with van der Waals surface area (Å²) in [7, 11) is 0. The van der Waals surface area contributed by atoms with Gasteiger partial charge < -0.3 is 11.1 Å². The van der Waals surface area contributed by atoms with E-state index in [-0.39, 0.29) is 28.8 Å². The molecule has 2 aromatic rings. The number of nitrogens with two attached hydrogens (primary N) is 1. The molecule has 0 fully saturated rings. The Morgan fingerprint density at radius 2 is 1.41 bits per heavy atom. The summed E-state index contributed by atoms with van der Waals surface area (Å²) < 4.78 is 26.9. The van der Waals surface area contributed by atoms with Gasteiger partial charge in [-0.2, -0.15) is 0 Å². The van der Waals surface area contributed by atoms with Crippen molar-refractivity contribution in [1.29, 1.82) is 0 Å². The number of halogens is 2. The third kappa shape index (κ3) is 3.58. The van der Waals surface area contributed by atoms with Crippen molar-refractivity contribution in [2.45, 2.75) is 32.6 Å². The number of rotatable bonds is 1. The molecular formula is C20H18F2N2O3. The molecule has 0 heterocycles. The molecular weight excluding hydrogens is 354 g/mol. The van der Waals surface area contributed by atoms with Crippen LogP contribution < -0.4 is 11.1 Å². The van der Waals surface area contributed by atoms with E-state index in [2.05, 4.69) is 5.32 Å². The fourth-order valence-electron chi connectivity index (χ4n) is 3.30. The topological polar surface area (TPSA) is 89.3 Å². The number of nitrogen functional groups attached to an aromatic ring is 1. The minimum absolute atomic E-state index is 0.0175. The lowest BCUT2D eigenvalue weighted by Gasteiger charge is -2.07. The number of nitrogens with one attached hydrogen (secondary N) is 1. The predicted molar refractivity (Wildman–Crippen MR) is 96.8 cm³/mol. The number of ketones is 2. The summed E-state index contributed by atoms with van der Waals surface area (Å²) in [5.74, 6) is -1.23. The molecule has 2 aromatic carbocycles. The molecule has 0 atom stereocenters. The second-order valence-corrected chi connectivity index (χ2v) is 6.48. The molecule has 2 aliphatic carbocycles. The van der Waals surface area contributed by atoms with Crippen molar-refractivity contribution >= 4 is 28.8 Å². The van der Waals surface area contributed by atoms with Crippen LogP contribution in [0, 0.1) is 11.6 Å². The van der Waals surface area contributed by atoms with E-state index in [4.69, 9.17) is 5.73 Å². The number of hydrogen-bond donors (Lipinski definition) is 2. The molecule has 5 nitrogen and oxygen atoms in total. The third-order valence-corrected chi connectivity index (χ3v) is 4.63. The molecule has 1 amide bonds. The van der Waals surface area contributed by atoms with Gasteiger partial charge in [0.15, 0.2) is 17.4 Å². The normalized spacial score (nSPS) is 14.3. The first kappa shape index (κ1) is 18.7. The molecule has 0 spiro atoms. The van der Waals surface area contributed by atoms with Crippen LogP contribution in [0.3, 0.4) is 0 Å². The second kappa shape index (κ2) is 7.26. The van der Waals surface area contributed by atoms with Crippen molar-refractivity contribution in [2.75, 3.05) is 11.1 Å². The smallest absolute Gasteiger partial charge is 0.221 e. The van der Waals surface area contributed by atoms with Gasteiger partial charge in [0.2, 0.25) is 5.91 Å². The maximum absolute atomic E-state index is 13.7. The molecule has 4 rings (SSSR count). The van der Waals surface area contributed by atoms with E-state index < -0.39 is 11.6 Å². The summed E-state index contributed by atoms with van der Waals surface area (Å²) in [6, 6.07) is 6.04. The van der Waals surface area contributed by atoms with E-state index in [1.54, 1.807) is 12.1 Å². The number of fused-ring (bicyclic) bond motifs is 2. The van der Waals surface area contributed by atoms with Crippen molar-refractivity contribution < 1.29 is 23.2 Å². The predicted octanol–water partition coefficient (Wildman–Crippen LogP) is 3.45. The molecule has 0 aromatic heterocycles. The zero-order valence-electron chi connectivity index (χ0n) is 14.7. The lowest BCUT2D eigenvalue weighted by molar-refractivity contribution is -0.114. The number of amides is 1. The Bertz CT molecular complexity index is 970. The Hall–Kier alpha value is -3.09. The molecule has 0 aliphatic heterocycles.